The summed E-state index contributed by atoms with van der Waals surface area (Å²) in [5.41, 5.74) is 7.53. The van der Waals surface area contributed by atoms with Crippen LogP contribution in [0.3, 0.4) is 0 Å². The molecule has 1 N–H and O–H groups in total. The van der Waals surface area contributed by atoms with E-state index in [9.17, 15) is 5.11 Å². The molecule has 7 atom stereocenters. The summed E-state index contributed by atoms with van der Waals surface area (Å²) in [5, 5.41) is 10.9. The van der Waals surface area contributed by atoms with Gasteiger partial charge in [0.15, 0.2) is 0 Å². The van der Waals surface area contributed by atoms with Gasteiger partial charge in [-0.2, -0.15) is 0 Å². The lowest BCUT2D eigenvalue weighted by molar-refractivity contribution is -0.103. The minimum atomic E-state index is -0.122. The van der Waals surface area contributed by atoms with Crippen LogP contribution in [0.25, 0.3) is 0 Å². The summed E-state index contributed by atoms with van der Waals surface area (Å²) < 4.78 is 0. The van der Waals surface area contributed by atoms with Crippen molar-refractivity contribution in [2.75, 3.05) is 0 Å². The lowest BCUT2D eigenvalue weighted by Gasteiger charge is -2.60. The monoisotopic (exact) mass is 424 g/mol. The van der Waals surface area contributed by atoms with E-state index in [-0.39, 0.29) is 11.5 Å². The van der Waals surface area contributed by atoms with Gasteiger partial charge in [-0.1, -0.05) is 57.9 Å². The van der Waals surface area contributed by atoms with Gasteiger partial charge in [-0.05, 0) is 123 Å². The normalized spacial score (nSPS) is 43.0. The Labute approximate surface area is 192 Å². The van der Waals surface area contributed by atoms with Gasteiger partial charge in [0, 0.05) is 0 Å². The van der Waals surface area contributed by atoms with Gasteiger partial charge in [0.1, 0.15) is 0 Å². The highest BCUT2D eigenvalue weighted by atomic mass is 16.3. The van der Waals surface area contributed by atoms with Crippen molar-refractivity contribution < 1.29 is 5.11 Å². The smallest absolute Gasteiger partial charge is 0.0597 e. The van der Waals surface area contributed by atoms with E-state index in [1.807, 2.05) is 0 Å². The molecule has 1 nitrogen and oxygen atoms in total. The second kappa shape index (κ2) is 8.19. The number of allylic oxidation sites excluding steroid dienone is 6. The molecule has 1 heteroatoms. The van der Waals surface area contributed by atoms with Crippen LogP contribution in [0.15, 0.2) is 34.4 Å². The van der Waals surface area contributed by atoms with Gasteiger partial charge in [-0.25, -0.2) is 0 Å². The van der Waals surface area contributed by atoms with E-state index in [0.29, 0.717) is 16.7 Å². The van der Waals surface area contributed by atoms with Gasteiger partial charge in [0.2, 0.25) is 0 Å². The molecule has 0 saturated heterocycles. The van der Waals surface area contributed by atoms with Crippen LogP contribution < -0.4 is 0 Å². The molecule has 0 radical (unpaired) electrons. The molecule has 31 heavy (non-hydrogen) atoms. The van der Waals surface area contributed by atoms with Crippen molar-refractivity contribution in [3.8, 4) is 0 Å². The first-order chi connectivity index (χ1) is 14.6. The maximum atomic E-state index is 10.9. The van der Waals surface area contributed by atoms with Crippen molar-refractivity contribution in [3.63, 3.8) is 0 Å². The number of fused-ring (bicyclic) bond motifs is 4. The first-order valence-electron chi connectivity index (χ1n) is 13.3. The van der Waals surface area contributed by atoms with Crippen molar-refractivity contribution in [2.45, 2.75) is 119 Å². The van der Waals surface area contributed by atoms with Crippen LogP contribution in [0.4, 0.5) is 0 Å². The van der Waals surface area contributed by atoms with E-state index in [2.05, 4.69) is 60.6 Å². The lowest BCUT2D eigenvalue weighted by atomic mass is 9.45. The third-order valence-electron chi connectivity index (χ3n) is 10.9. The number of aliphatic hydroxyl groups excluding tert-OH is 1. The van der Waals surface area contributed by atoms with Gasteiger partial charge >= 0.3 is 0 Å². The summed E-state index contributed by atoms with van der Waals surface area (Å²) in [7, 11) is 0. The highest BCUT2D eigenvalue weighted by Gasteiger charge is 2.58. The van der Waals surface area contributed by atoms with Crippen molar-refractivity contribution in [3.05, 3.63) is 34.4 Å². The quantitative estimate of drug-likeness (QED) is 0.439. The molecule has 4 aliphatic carbocycles. The molecular weight excluding hydrogens is 376 g/mol. The number of aliphatic hydroxyl groups is 1. The van der Waals surface area contributed by atoms with Crippen LogP contribution in [-0.2, 0) is 0 Å². The number of rotatable bonds is 5. The Morgan fingerprint density at radius 3 is 2.55 bits per heavy atom. The second-order valence-corrected chi connectivity index (χ2v) is 12.6. The highest BCUT2D eigenvalue weighted by Crippen LogP contribution is 2.67. The van der Waals surface area contributed by atoms with Crippen LogP contribution in [0.5, 0.6) is 0 Å². The first kappa shape index (κ1) is 23.3. The molecule has 0 bridgehead atoms. The molecule has 0 heterocycles. The van der Waals surface area contributed by atoms with E-state index < -0.39 is 0 Å². The Balaban J connectivity index is 1.61. The molecule has 4 aliphatic rings. The highest BCUT2D eigenvalue weighted by molar-refractivity contribution is 5.49. The summed E-state index contributed by atoms with van der Waals surface area (Å²) in [6.07, 6.45) is 17.2. The largest absolute Gasteiger partial charge is 0.393 e. The van der Waals surface area contributed by atoms with Crippen LogP contribution in [0.1, 0.15) is 113 Å². The summed E-state index contributed by atoms with van der Waals surface area (Å²) in [4.78, 5) is 0. The SMILES string of the molecule is CC[C@]1(C)C2CCC3=C(CC[C@@]4(C)C3=CC[C@@H]4[C@H](C)CCC=C(C)C)[C@@]2(C)CC[C@@H]1O. The first-order valence-corrected chi connectivity index (χ1v) is 13.3. The summed E-state index contributed by atoms with van der Waals surface area (Å²) in [6.45, 7) is 16.8. The fraction of sp³-hybridized carbons (Fsp3) is 0.800. The van der Waals surface area contributed by atoms with Gasteiger partial charge in [-0.3, -0.25) is 0 Å². The third-order valence-corrected chi connectivity index (χ3v) is 10.9. The van der Waals surface area contributed by atoms with Gasteiger partial charge in [0.05, 0.1) is 6.10 Å². The van der Waals surface area contributed by atoms with Crippen molar-refractivity contribution >= 4 is 0 Å². The van der Waals surface area contributed by atoms with Gasteiger partial charge in [-0.15, -0.1) is 0 Å². The van der Waals surface area contributed by atoms with Gasteiger partial charge in [0.25, 0.3) is 0 Å². The van der Waals surface area contributed by atoms with Crippen LogP contribution in [0, 0.1) is 34.0 Å². The Hall–Kier alpha value is -0.820. The topological polar surface area (TPSA) is 20.2 Å². The summed E-state index contributed by atoms with van der Waals surface area (Å²) in [6, 6.07) is 0. The fourth-order valence-corrected chi connectivity index (χ4v) is 8.72. The summed E-state index contributed by atoms with van der Waals surface area (Å²) >= 11 is 0. The molecule has 1 unspecified atom stereocenters. The van der Waals surface area contributed by atoms with Crippen LogP contribution in [0.2, 0.25) is 0 Å². The molecule has 1 fully saturated rings. The standard InChI is InChI=1S/C30H48O/c1-8-28(5)26-15-12-22-24-14-13-23(21(4)11-9-10-20(2)3)29(24,6)18-16-25(22)30(26,7)19-17-27(28)31/h10,14,21,23,26-27,31H,8-9,11-13,15-19H2,1-7H3/t21-,23-,26?,27+,28-,29-,30-/m1/s1. The average Bonchev–Trinajstić information content (AvgIpc) is 3.08. The molecular formula is C30H48O. The maximum Gasteiger partial charge on any atom is 0.0597 e. The van der Waals surface area contributed by atoms with E-state index in [1.54, 1.807) is 16.7 Å². The van der Waals surface area contributed by atoms with Crippen molar-refractivity contribution in [1.82, 2.24) is 0 Å². The maximum absolute atomic E-state index is 10.9. The minimum absolute atomic E-state index is 0.0817. The summed E-state index contributed by atoms with van der Waals surface area (Å²) in [5.74, 6) is 2.23. The molecule has 0 spiro atoms. The van der Waals surface area contributed by atoms with E-state index in [0.717, 1.165) is 24.7 Å². The molecule has 4 rings (SSSR count). The fourth-order valence-electron chi connectivity index (χ4n) is 8.72. The zero-order chi connectivity index (χ0) is 22.6. The molecule has 0 aromatic carbocycles. The Morgan fingerprint density at radius 1 is 1.13 bits per heavy atom. The predicted molar refractivity (Wildman–Crippen MR) is 133 cm³/mol. The zero-order valence-electron chi connectivity index (χ0n) is 21.5. The Kier molecular flexibility index (Phi) is 6.17. The van der Waals surface area contributed by atoms with Crippen LogP contribution >= 0.6 is 0 Å². The number of hydrogen-bond donors (Lipinski definition) is 1. The zero-order valence-corrected chi connectivity index (χ0v) is 21.5. The molecule has 1 saturated carbocycles. The molecule has 0 aliphatic heterocycles. The Morgan fingerprint density at radius 2 is 1.87 bits per heavy atom. The Bertz CT molecular complexity index is 795. The predicted octanol–water partition coefficient (Wildman–Crippen LogP) is 8.40. The third kappa shape index (κ3) is 3.53. The number of hydrogen-bond acceptors (Lipinski definition) is 1. The van der Waals surface area contributed by atoms with Crippen molar-refractivity contribution in [2.24, 2.45) is 34.0 Å². The van der Waals surface area contributed by atoms with E-state index >= 15 is 0 Å². The van der Waals surface area contributed by atoms with E-state index in [1.165, 1.54) is 56.9 Å². The minimum Gasteiger partial charge on any atom is -0.393 e. The van der Waals surface area contributed by atoms with Crippen molar-refractivity contribution in [1.29, 1.82) is 0 Å². The van der Waals surface area contributed by atoms with E-state index in [4.69, 9.17) is 0 Å². The average molecular weight is 425 g/mol. The molecule has 0 aromatic rings. The second-order valence-electron chi connectivity index (χ2n) is 12.6. The molecule has 0 aromatic heterocycles. The molecule has 174 valence electrons. The lowest BCUT2D eigenvalue weighted by Crippen LogP contribution is -2.54. The van der Waals surface area contributed by atoms with Gasteiger partial charge < -0.3 is 5.11 Å². The van der Waals surface area contributed by atoms with Crippen LogP contribution in [-0.4, -0.2) is 11.2 Å². The molecule has 0 amide bonds.